The minimum Gasteiger partial charge on any atom is -0.460 e. The van der Waals surface area contributed by atoms with E-state index in [1.807, 2.05) is 51.1 Å². The van der Waals surface area contributed by atoms with Crippen molar-refractivity contribution in [3.05, 3.63) is 42.1 Å². The SMILES string of the molecule is CC[C@H]1OC(Oc2cc(C)nn2-c2ccccc2)[C@H](NC(C)=O)[C@@H](OC(C)=O)[C@@H]1C. The number of nitrogens with zero attached hydrogens (tertiary/aromatic N) is 2. The molecule has 1 aliphatic heterocycles. The Bertz CT molecular complexity index is 882. The zero-order valence-electron chi connectivity index (χ0n) is 18.0. The molecule has 1 N–H and O–H groups in total. The molecule has 1 aliphatic rings. The average molecular weight is 415 g/mol. The monoisotopic (exact) mass is 415 g/mol. The van der Waals surface area contributed by atoms with Crippen LogP contribution in [0.5, 0.6) is 5.88 Å². The van der Waals surface area contributed by atoms with Gasteiger partial charge >= 0.3 is 5.97 Å². The molecule has 8 nitrogen and oxygen atoms in total. The zero-order chi connectivity index (χ0) is 21.8. The van der Waals surface area contributed by atoms with Gasteiger partial charge in [0.25, 0.3) is 0 Å². The number of benzene rings is 1. The predicted octanol–water partition coefficient (Wildman–Crippen LogP) is 2.77. The summed E-state index contributed by atoms with van der Waals surface area (Å²) in [7, 11) is 0. The molecule has 1 fully saturated rings. The highest BCUT2D eigenvalue weighted by atomic mass is 16.7. The number of rotatable bonds is 6. The Morgan fingerprint density at radius 2 is 1.93 bits per heavy atom. The predicted molar refractivity (Wildman–Crippen MR) is 110 cm³/mol. The van der Waals surface area contributed by atoms with Gasteiger partial charge in [-0.1, -0.05) is 32.0 Å². The van der Waals surface area contributed by atoms with Crippen molar-refractivity contribution in [3.8, 4) is 11.6 Å². The van der Waals surface area contributed by atoms with Crippen LogP contribution in [-0.2, 0) is 19.1 Å². The number of esters is 1. The van der Waals surface area contributed by atoms with Crippen LogP contribution in [0.15, 0.2) is 36.4 Å². The van der Waals surface area contributed by atoms with E-state index in [0.717, 1.165) is 11.4 Å². The third-order valence-electron chi connectivity index (χ3n) is 5.17. The van der Waals surface area contributed by atoms with E-state index >= 15 is 0 Å². The summed E-state index contributed by atoms with van der Waals surface area (Å²) in [5, 5.41) is 7.37. The molecule has 0 spiro atoms. The third kappa shape index (κ3) is 4.81. The molecule has 1 aromatic carbocycles. The van der Waals surface area contributed by atoms with E-state index < -0.39 is 24.4 Å². The molecule has 8 heteroatoms. The van der Waals surface area contributed by atoms with Crippen LogP contribution in [0.25, 0.3) is 5.69 Å². The zero-order valence-corrected chi connectivity index (χ0v) is 18.0. The van der Waals surface area contributed by atoms with E-state index in [2.05, 4.69) is 10.4 Å². The van der Waals surface area contributed by atoms with Gasteiger partial charge in [-0.25, -0.2) is 4.68 Å². The number of aromatic nitrogens is 2. The molecule has 30 heavy (non-hydrogen) atoms. The maximum atomic E-state index is 11.9. The molecule has 2 heterocycles. The highest BCUT2D eigenvalue weighted by molar-refractivity contribution is 5.73. The normalized spacial score (nSPS) is 26.1. The van der Waals surface area contributed by atoms with Crippen LogP contribution < -0.4 is 10.1 Å². The van der Waals surface area contributed by atoms with E-state index in [9.17, 15) is 9.59 Å². The molecule has 0 aliphatic carbocycles. The molecule has 1 amide bonds. The number of carbonyl (C=O) groups is 2. The first-order chi connectivity index (χ1) is 14.3. The van der Waals surface area contributed by atoms with Gasteiger partial charge in [-0.05, 0) is 25.5 Å². The van der Waals surface area contributed by atoms with Crippen LogP contribution in [0, 0.1) is 12.8 Å². The van der Waals surface area contributed by atoms with Gasteiger partial charge < -0.3 is 19.5 Å². The number of para-hydroxylation sites is 1. The van der Waals surface area contributed by atoms with Gasteiger partial charge in [-0.3, -0.25) is 9.59 Å². The topological polar surface area (TPSA) is 91.7 Å². The molecule has 0 saturated carbocycles. The van der Waals surface area contributed by atoms with E-state index in [1.54, 1.807) is 10.7 Å². The lowest BCUT2D eigenvalue weighted by Gasteiger charge is -2.44. The Morgan fingerprint density at radius 3 is 2.53 bits per heavy atom. The summed E-state index contributed by atoms with van der Waals surface area (Å²) in [5.41, 5.74) is 1.61. The van der Waals surface area contributed by atoms with Gasteiger partial charge in [-0.15, -0.1) is 0 Å². The summed E-state index contributed by atoms with van der Waals surface area (Å²) in [4.78, 5) is 23.7. The van der Waals surface area contributed by atoms with Gasteiger partial charge in [0.15, 0.2) is 0 Å². The first-order valence-electron chi connectivity index (χ1n) is 10.2. The van der Waals surface area contributed by atoms with E-state index in [0.29, 0.717) is 12.3 Å². The Labute approximate surface area is 176 Å². The minimum atomic E-state index is -0.849. The summed E-state index contributed by atoms with van der Waals surface area (Å²) >= 11 is 0. The third-order valence-corrected chi connectivity index (χ3v) is 5.17. The Morgan fingerprint density at radius 1 is 1.23 bits per heavy atom. The number of nitrogens with one attached hydrogen (secondary N) is 1. The van der Waals surface area contributed by atoms with Crippen molar-refractivity contribution >= 4 is 11.9 Å². The van der Waals surface area contributed by atoms with Crippen LogP contribution in [0.3, 0.4) is 0 Å². The van der Waals surface area contributed by atoms with Gasteiger partial charge in [0.05, 0.1) is 17.5 Å². The Hall–Kier alpha value is -2.87. The maximum Gasteiger partial charge on any atom is 0.302 e. The van der Waals surface area contributed by atoms with E-state index in [1.165, 1.54) is 13.8 Å². The Kier molecular flexibility index (Phi) is 6.77. The lowest BCUT2D eigenvalue weighted by molar-refractivity contribution is -0.226. The van der Waals surface area contributed by atoms with Gasteiger partial charge in [-0.2, -0.15) is 5.10 Å². The molecule has 0 bridgehead atoms. The number of carbonyl (C=O) groups excluding carboxylic acids is 2. The first-order valence-corrected chi connectivity index (χ1v) is 10.2. The largest absolute Gasteiger partial charge is 0.460 e. The van der Waals surface area contributed by atoms with Crippen LogP contribution in [-0.4, -0.2) is 46.2 Å². The summed E-state index contributed by atoms with van der Waals surface area (Å²) in [5.74, 6) is -0.312. The van der Waals surface area contributed by atoms with Crippen molar-refractivity contribution < 1.29 is 23.8 Å². The highest BCUT2D eigenvalue weighted by Crippen LogP contribution is 2.32. The second-order valence-corrected chi connectivity index (χ2v) is 7.60. The Balaban J connectivity index is 1.96. The lowest BCUT2D eigenvalue weighted by atomic mass is 9.87. The molecular formula is C22H29N3O5. The second-order valence-electron chi connectivity index (χ2n) is 7.60. The number of aryl methyl sites for hydroxylation is 1. The molecule has 2 aromatic rings. The first kappa shape index (κ1) is 21.8. The fraction of sp³-hybridized carbons (Fsp3) is 0.500. The number of amides is 1. The second kappa shape index (κ2) is 9.30. The van der Waals surface area contributed by atoms with Crippen molar-refractivity contribution in [2.75, 3.05) is 0 Å². The van der Waals surface area contributed by atoms with Crippen LogP contribution in [0.4, 0.5) is 0 Å². The van der Waals surface area contributed by atoms with Gasteiger partial charge in [0, 0.05) is 25.8 Å². The fourth-order valence-corrected chi connectivity index (χ4v) is 3.83. The van der Waals surface area contributed by atoms with Crippen molar-refractivity contribution in [1.29, 1.82) is 0 Å². The standard InChI is InChI=1S/C22H29N3O5/c1-6-18-14(3)21(28-16(5)27)20(23-15(4)26)22(29-18)30-19-12-13(2)24-25(19)17-10-8-7-9-11-17/h7-12,14,18,20-22H,6H2,1-5H3,(H,23,26)/t14-,18-,20-,21+,22?/m1/s1. The summed E-state index contributed by atoms with van der Waals surface area (Å²) in [6.45, 7) is 8.59. The summed E-state index contributed by atoms with van der Waals surface area (Å²) in [6, 6.07) is 10.7. The number of hydrogen-bond donors (Lipinski definition) is 1. The van der Waals surface area contributed by atoms with Crippen molar-refractivity contribution in [2.24, 2.45) is 5.92 Å². The average Bonchev–Trinajstić information content (AvgIpc) is 3.07. The molecule has 162 valence electrons. The summed E-state index contributed by atoms with van der Waals surface area (Å²) < 4.78 is 19.7. The smallest absolute Gasteiger partial charge is 0.302 e. The number of ether oxygens (including phenoxy) is 3. The molecule has 3 rings (SSSR count). The molecule has 1 aromatic heterocycles. The van der Waals surface area contributed by atoms with Crippen molar-refractivity contribution in [2.45, 2.75) is 65.6 Å². The van der Waals surface area contributed by atoms with Crippen LogP contribution in [0.2, 0.25) is 0 Å². The maximum absolute atomic E-state index is 11.9. The van der Waals surface area contributed by atoms with Crippen LogP contribution >= 0.6 is 0 Å². The van der Waals surface area contributed by atoms with Gasteiger partial charge in [0.2, 0.25) is 18.1 Å². The van der Waals surface area contributed by atoms with Crippen LogP contribution in [0.1, 0.15) is 39.8 Å². The quantitative estimate of drug-likeness (QED) is 0.730. The van der Waals surface area contributed by atoms with Crippen molar-refractivity contribution in [3.63, 3.8) is 0 Å². The highest BCUT2D eigenvalue weighted by Gasteiger charge is 2.47. The van der Waals surface area contributed by atoms with Crippen molar-refractivity contribution in [1.82, 2.24) is 15.1 Å². The minimum absolute atomic E-state index is 0.114. The number of hydrogen-bond acceptors (Lipinski definition) is 6. The fourth-order valence-electron chi connectivity index (χ4n) is 3.83. The molecule has 1 unspecified atom stereocenters. The lowest BCUT2D eigenvalue weighted by Crippen LogP contribution is -2.63. The summed E-state index contributed by atoms with van der Waals surface area (Å²) in [6.07, 6.45) is -0.913. The van der Waals surface area contributed by atoms with Gasteiger partial charge in [0.1, 0.15) is 12.1 Å². The molecule has 0 radical (unpaired) electrons. The molecular weight excluding hydrogens is 386 g/mol. The van der Waals surface area contributed by atoms with E-state index in [4.69, 9.17) is 14.2 Å². The molecule has 1 saturated heterocycles. The molecule has 5 atom stereocenters. The van der Waals surface area contributed by atoms with E-state index in [-0.39, 0.29) is 17.9 Å².